The molecule has 0 aromatic heterocycles. The number of amides is 1. The summed E-state index contributed by atoms with van der Waals surface area (Å²) in [6.45, 7) is 1.17. The summed E-state index contributed by atoms with van der Waals surface area (Å²) in [6, 6.07) is 13.9. The third-order valence-corrected chi connectivity index (χ3v) is 5.69. The number of thioether (sulfide) groups is 1. The molecule has 0 bridgehead atoms. The molecule has 1 amide bonds. The lowest BCUT2D eigenvalue weighted by Gasteiger charge is -2.18. The van der Waals surface area contributed by atoms with Crippen molar-refractivity contribution in [1.82, 2.24) is 4.90 Å². The predicted octanol–water partition coefficient (Wildman–Crippen LogP) is 3.94. The van der Waals surface area contributed by atoms with Crippen molar-refractivity contribution in [2.75, 3.05) is 13.1 Å². The van der Waals surface area contributed by atoms with Gasteiger partial charge in [-0.2, -0.15) is 0 Å². The maximum Gasteiger partial charge on any atom is 0.269 e. The average molecular weight is 467 g/mol. The van der Waals surface area contributed by atoms with Gasteiger partial charge in [0.1, 0.15) is 0 Å². The first kappa shape index (κ1) is 17.9. The maximum absolute atomic E-state index is 12.8. The van der Waals surface area contributed by atoms with Crippen molar-refractivity contribution in [3.05, 3.63) is 73.3 Å². The third kappa shape index (κ3) is 4.18. The number of benzene rings is 2. The number of hydrogen-bond donors (Lipinski definition) is 0. The molecule has 0 aliphatic carbocycles. The predicted molar refractivity (Wildman–Crippen MR) is 107 cm³/mol. The number of nitrogens with zero attached hydrogens (tertiary/aromatic N) is 3. The minimum atomic E-state index is -0.417. The highest BCUT2D eigenvalue weighted by Crippen LogP contribution is 2.24. The minimum Gasteiger partial charge on any atom is -0.286 e. The van der Waals surface area contributed by atoms with Gasteiger partial charge in [-0.1, -0.05) is 36.0 Å². The molecule has 128 valence electrons. The van der Waals surface area contributed by atoms with E-state index in [1.807, 2.05) is 24.3 Å². The highest BCUT2D eigenvalue weighted by Gasteiger charge is 2.26. The maximum atomic E-state index is 12.8. The fourth-order valence-electron chi connectivity index (χ4n) is 2.38. The topological polar surface area (TPSA) is 75.8 Å². The second-order valence-electron chi connectivity index (χ2n) is 5.31. The lowest BCUT2D eigenvalue weighted by Crippen LogP contribution is -2.33. The molecule has 0 saturated carbocycles. The molecule has 0 fully saturated rings. The highest BCUT2D eigenvalue weighted by atomic mass is 127. The fourth-order valence-corrected chi connectivity index (χ4v) is 4.00. The Bertz CT molecular complexity index is 839. The third-order valence-electron chi connectivity index (χ3n) is 3.67. The van der Waals surface area contributed by atoms with Crippen LogP contribution in [0, 0.1) is 13.7 Å². The average Bonchev–Trinajstić information content (AvgIpc) is 3.08. The van der Waals surface area contributed by atoms with Gasteiger partial charge in [-0.15, -0.1) is 0 Å². The molecule has 2 aromatic carbocycles. The van der Waals surface area contributed by atoms with Crippen LogP contribution in [-0.2, 0) is 5.75 Å². The fraction of sp³-hybridized carbons (Fsp3) is 0.176. The molecule has 6 nitrogen and oxygen atoms in total. The lowest BCUT2D eigenvalue weighted by atomic mass is 10.2. The zero-order chi connectivity index (χ0) is 17.8. The van der Waals surface area contributed by atoms with E-state index in [2.05, 4.69) is 27.6 Å². The van der Waals surface area contributed by atoms with Crippen LogP contribution in [0.5, 0.6) is 0 Å². The Morgan fingerprint density at radius 1 is 1.24 bits per heavy atom. The largest absolute Gasteiger partial charge is 0.286 e. The Labute approximate surface area is 162 Å². The summed E-state index contributed by atoms with van der Waals surface area (Å²) in [6.07, 6.45) is 0. The second-order valence-corrected chi connectivity index (χ2v) is 7.42. The Hall–Kier alpha value is -1.94. The molecule has 1 heterocycles. The summed E-state index contributed by atoms with van der Waals surface area (Å²) < 4.78 is 0.914. The standard InChI is InChI=1S/C17H14IN3O3S/c18-15-4-2-1-3-14(15)16(22)20-10-9-19-17(20)25-11-12-5-7-13(8-6-12)21(23)24/h1-8H,9-11H2. The number of amidine groups is 1. The number of aliphatic imine (C=N–C) groups is 1. The summed E-state index contributed by atoms with van der Waals surface area (Å²) >= 11 is 3.63. The van der Waals surface area contributed by atoms with Crippen molar-refractivity contribution in [3.8, 4) is 0 Å². The van der Waals surface area contributed by atoms with E-state index in [0.717, 1.165) is 9.13 Å². The first-order valence-electron chi connectivity index (χ1n) is 7.53. The van der Waals surface area contributed by atoms with Gasteiger partial charge in [0.15, 0.2) is 5.17 Å². The summed E-state index contributed by atoms with van der Waals surface area (Å²) in [5, 5.41) is 11.4. The lowest BCUT2D eigenvalue weighted by molar-refractivity contribution is -0.384. The van der Waals surface area contributed by atoms with Crippen LogP contribution in [0.15, 0.2) is 53.5 Å². The van der Waals surface area contributed by atoms with Crippen molar-refractivity contribution in [1.29, 1.82) is 0 Å². The number of halogens is 1. The zero-order valence-electron chi connectivity index (χ0n) is 13.1. The van der Waals surface area contributed by atoms with Crippen molar-refractivity contribution in [3.63, 3.8) is 0 Å². The molecule has 0 radical (unpaired) electrons. The number of hydrogen-bond acceptors (Lipinski definition) is 5. The summed E-state index contributed by atoms with van der Waals surface area (Å²) in [5.74, 6) is 0.560. The Balaban J connectivity index is 1.67. The van der Waals surface area contributed by atoms with Crippen LogP contribution in [0.2, 0.25) is 0 Å². The normalized spacial score (nSPS) is 13.6. The van der Waals surface area contributed by atoms with Gasteiger partial charge in [-0.3, -0.25) is 24.8 Å². The summed E-state index contributed by atoms with van der Waals surface area (Å²) in [7, 11) is 0. The SMILES string of the molecule is O=C(c1ccccc1I)N1CCN=C1SCc1ccc([N+](=O)[O-])cc1. The Kier molecular flexibility index (Phi) is 5.69. The van der Waals surface area contributed by atoms with Gasteiger partial charge in [-0.05, 0) is 40.3 Å². The Morgan fingerprint density at radius 2 is 1.96 bits per heavy atom. The second kappa shape index (κ2) is 7.96. The monoisotopic (exact) mass is 467 g/mol. The van der Waals surface area contributed by atoms with E-state index < -0.39 is 4.92 Å². The van der Waals surface area contributed by atoms with Crippen molar-refractivity contribution in [2.24, 2.45) is 4.99 Å². The van der Waals surface area contributed by atoms with Gasteiger partial charge in [0.2, 0.25) is 0 Å². The molecule has 8 heteroatoms. The van der Waals surface area contributed by atoms with Crippen LogP contribution in [0.1, 0.15) is 15.9 Å². The van der Waals surface area contributed by atoms with Crippen molar-refractivity contribution < 1.29 is 9.72 Å². The van der Waals surface area contributed by atoms with Gasteiger partial charge in [0.05, 0.1) is 17.0 Å². The van der Waals surface area contributed by atoms with E-state index in [1.165, 1.54) is 23.9 Å². The smallest absolute Gasteiger partial charge is 0.269 e. The molecular weight excluding hydrogens is 453 g/mol. The molecule has 1 aliphatic rings. The molecular formula is C17H14IN3O3S. The van der Waals surface area contributed by atoms with Crippen molar-refractivity contribution in [2.45, 2.75) is 5.75 Å². The van der Waals surface area contributed by atoms with Crippen LogP contribution in [0.3, 0.4) is 0 Å². The molecule has 0 atom stereocenters. The highest BCUT2D eigenvalue weighted by molar-refractivity contribution is 14.1. The van der Waals surface area contributed by atoms with E-state index in [4.69, 9.17) is 0 Å². The van der Waals surface area contributed by atoms with Crippen molar-refractivity contribution >= 4 is 51.1 Å². The molecule has 25 heavy (non-hydrogen) atoms. The van der Waals surface area contributed by atoms with Gasteiger partial charge in [-0.25, -0.2) is 0 Å². The molecule has 3 rings (SSSR count). The number of rotatable bonds is 4. The number of carbonyl (C=O) groups is 1. The number of nitro benzene ring substituents is 1. The van der Waals surface area contributed by atoms with E-state index in [-0.39, 0.29) is 11.6 Å². The summed E-state index contributed by atoms with van der Waals surface area (Å²) in [5.41, 5.74) is 1.70. The van der Waals surface area contributed by atoms with Crippen LogP contribution in [0.4, 0.5) is 5.69 Å². The first-order chi connectivity index (χ1) is 12.1. The molecule has 2 aromatic rings. The molecule has 0 N–H and O–H groups in total. The van der Waals surface area contributed by atoms with E-state index in [1.54, 1.807) is 17.0 Å². The van der Waals surface area contributed by atoms with Gasteiger partial charge < -0.3 is 0 Å². The van der Waals surface area contributed by atoms with Crippen LogP contribution >= 0.6 is 34.4 Å². The molecule has 0 unspecified atom stereocenters. The first-order valence-corrected chi connectivity index (χ1v) is 9.59. The van der Waals surface area contributed by atoms with Gasteiger partial charge in [0.25, 0.3) is 11.6 Å². The molecule has 0 saturated heterocycles. The van der Waals surface area contributed by atoms with E-state index >= 15 is 0 Å². The molecule has 1 aliphatic heterocycles. The van der Waals surface area contributed by atoms with Crippen LogP contribution in [-0.4, -0.2) is 34.0 Å². The van der Waals surface area contributed by atoms with Gasteiger partial charge >= 0.3 is 0 Å². The summed E-state index contributed by atoms with van der Waals surface area (Å²) in [4.78, 5) is 29.2. The number of nitro groups is 1. The van der Waals surface area contributed by atoms with Crippen LogP contribution in [0.25, 0.3) is 0 Å². The quantitative estimate of drug-likeness (QED) is 0.388. The van der Waals surface area contributed by atoms with E-state index in [9.17, 15) is 14.9 Å². The van der Waals surface area contributed by atoms with Gasteiger partial charge in [0, 0.05) is 28.0 Å². The van der Waals surface area contributed by atoms with E-state index in [0.29, 0.717) is 29.6 Å². The Morgan fingerprint density at radius 3 is 2.64 bits per heavy atom. The van der Waals surface area contributed by atoms with Crippen LogP contribution < -0.4 is 0 Å². The number of carbonyl (C=O) groups excluding carboxylic acids is 1. The number of non-ortho nitro benzene ring substituents is 1. The zero-order valence-corrected chi connectivity index (χ0v) is 16.1. The minimum absolute atomic E-state index is 0.0440. The molecule has 0 spiro atoms.